The van der Waals surface area contributed by atoms with Crippen molar-refractivity contribution in [2.75, 3.05) is 31.1 Å². The first-order valence-electron chi connectivity index (χ1n) is 8.69. The van der Waals surface area contributed by atoms with E-state index in [1.165, 1.54) is 0 Å². The van der Waals surface area contributed by atoms with Crippen molar-refractivity contribution >= 4 is 11.9 Å². The van der Waals surface area contributed by atoms with Crippen LogP contribution in [0.5, 0.6) is 5.75 Å². The molecule has 1 aliphatic heterocycles. The standard InChI is InChI=1S/C19H24N4O2/c1-15-4-2-5-17(12-15)25-14-18(24)22-13-16-6-10-23(11-7-16)19-20-8-3-9-21-19/h2-5,8-9,12,16H,6-7,10-11,13-14H2,1H3,(H,22,24). The summed E-state index contributed by atoms with van der Waals surface area (Å²) in [6, 6.07) is 9.54. The van der Waals surface area contributed by atoms with Crippen molar-refractivity contribution in [1.82, 2.24) is 15.3 Å². The molecular weight excluding hydrogens is 316 g/mol. The number of nitrogens with one attached hydrogen (secondary N) is 1. The average molecular weight is 340 g/mol. The fourth-order valence-corrected chi connectivity index (χ4v) is 2.95. The summed E-state index contributed by atoms with van der Waals surface area (Å²) in [6.07, 6.45) is 5.58. The molecule has 1 aromatic carbocycles. The Balaban J connectivity index is 1.36. The number of piperidine rings is 1. The van der Waals surface area contributed by atoms with Crippen LogP contribution in [0.2, 0.25) is 0 Å². The Morgan fingerprint density at radius 1 is 1.24 bits per heavy atom. The van der Waals surface area contributed by atoms with Gasteiger partial charge in [0.25, 0.3) is 5.91 Å². The number of anilines is 1. The highest BCUT2D eigenvalue weighted by Gasteiger charge is 2.21. The van der Waals surface area contributed by atoms with Crippen molar-refractivity contribution in [2.24, 2.45) is 5.92 Å². The van der Waals surface area contributed by atoms with Gasteiger partial charge < -0.3 is 15.0 Å². The first kappa shape index (κ1) is 17.2. The van der Waals surface area contributed by atoms with E-state index in [9.17, 15) is 4.79 Å². The van der Waals surface area contributed by atoms with Crippen LogP contribution in [0.25, 0.3) is 0 Å². The Morgan fingerprint density at radius 3 is 2.72 bits per heavy atom. The van der Waals surface area contributed by atoms with Gasteiger partial charge >= 0.3 is 0 Å². The van der Waals surface area contributed by atoms with E-state index in [-0.39, 0.29) is 12.5 Å². The van der Waals surface area contributed by atoms with Gasteiger partial charge in [0.2, 0.25) is 5.95 Å². The highest BCUT2D eigenvalue weighted by Crippen LogP contribution is 2.19. The minimum Gasteiger partial charge on any atom is -0.484 e. The Bertz CT molecular complexity index is 685. The predicted molar refractivity (Wildman–Crippen MR) is 96.7 cm³/mol. The first-order valence-corrected chi connectivity index (χ1v) is 8.69. The zero-order chi connectivity index (χ0) is 17.5. The molecule has 0 atom stereocenters. The summed E-state index contributed by atoms with van der Waals surface area (Å²) in [5.41, 5.74) is 1.12. The molecule has 1 fully saturated rings. The molecule has 2 aromatic rings. The topological polar surface area (TPSA) is 67.3 Å². The molecule has 2 heterocycles. The molecule has 1 N–H and O–H groups in total. The van der Waals surface area contributed by atoms with Gasteiger partial charge in [0, 0.05) is 32.0 Å². The number of carbonyl (C=O) groups is 1. The molecule has 25 heavy (non-hydrogen) atoms. The molecule has 0 bridgehead atoms. The SMILES string of the molecule is Cc1cccc(OCC(=O)NCC2CCN(c3ncccn3)CC2)c1. The number of benzene rings is 1. The van der Waals surface area contributed by atoms with Crippen molar-refractivity contribution in [3.8, 4) is 5.75 Å². The van der Waals surface area contributed by atoms with Gasteiger partial charge in [0.15, 0.2) is 6.61 Å². The summed E-state index contributed by atoms with van der Waals surface area (Å²) >= 11 is 0. The number of carbonyl (C=O) groups excluding carboxylic acids is 1. The van der Waals surface area contributed by atoms with Crippen LogP contribution in [0.4, 0.5) is 5.95 Å². The average Bonchev–Trinajstić information content (AvgIpc) is 2.66. The molecule has 132 valence electrons. The third-order valence-corrected chi connectivity index (χ3v) is 4.40. The molecule has 1 amide bonds. The molecule has 1 saturated heterocycles. The maximum absolute atomic E-state index is 12.0. The quantitative estimate of drug-likeness (QED) is 0.873. The third kappa shape index (κ3) is 5.17. The van der Waals surface area contributed by atoms with Crippen LogP contribution in [0.3, 0.4) is 0 Å². The second-order valence-electron chi connectivity index (χ2n) is 6.39. The second kappa shape index (κ2) is 8.46. The number of amides is 1. The van der Waals surface area contributed by atoms with Gasteiger partial charge in [-0.1, -0.05) is 12.1 Å². The number of aromatic nitrogens is 2. The van der Waals surface area contributed by atoms with Gasteiger partial charge in [-0.25, -0.2) is 9.97 Å². The molecular formula is C19H24N4O2. The predicted octanol–water partition coefficient (Wildman–Crippen LogP) is 2.20. The molecule has 6 nitrogen and oxygen atoms in total. The van der Waals surface area contributed by atoms with Gasteiger partial charge in [-0.3, -0.25) is 4.79 Å². The highest BCUT2D eigenvalue weighted by atomic mass is 16.5. The second-order valence-corrected chi connectivity index (χ2v) is 6.39. The van der Waals surface area contributed by atoms with Crippen molar-refractivity contribution in [1.29, 1.82) is 0 Å². The Hall–Kier alpha value is -2.63. The van der Waals surface area contributed by atoms with E-state index in [0.717, 1.165) is 43.2 Å². The van der Waals surface area contributed by atoms with Crippen LogP contribution in [-0.4, -0.2) is 42.1 Å². The molecule has 1 aliphatic rings. The minimum atomic E-state index is -0.0738. The monoisotopic (exact) mass is 340 g/mol. The fraction of sp³-hybridized carbons (Fsp3) is 0.421. The van der Waals surface area contributed by atoms with Crippen molar-refractivity contribution in [3.63, 3.8) is 0 Å². The van der Waals surface area contributed by atoms with Gasteiger partial charge in [-0.2, -0.15) is 0 Å². The van der Waals surface area contributed by atoms with E-state index in [1.807, 2.05) is 37.3 Å². The Labute approximate surface area is 148 Å². The summed E-state index contributed by atoms with van der Waals surface area (Å²) in [6.45, 7) is 4.59. The van der Waals surface area contributed by atoms with Crippen molar-refractivity contribution < 1.29 is 9.53 Å². The molecule has 0 spiro atoms. The van der Waals surface area contributed by atoms with Gasteiger partial charge in [-0.05, 0) is 49.4 Å². The molecule has 1 aromatic heterocycles. The van der Waals surface area contributed by atoms with E-state index in [0.29, 0.717) is 12.5 Å². The van der Waals surface area contributed by atoms with E-state index < -0.39 is 0 Å². The summed E-state index contributed by atoms with van der Waals surface area (Å²) in [5, 5.41) is 2.98. The normalized spacial score (nSPS) is 15.0. The summed E-state index contributed by atoms with van der Waals surface area (Å²) in [4.78, 5) is 22.7. The third-order valence-electron chi connectivity index (χ3n) is 4.40. The smallest absolute Gasteiger partial charge is 0.257 e. The number of nitrogens with zero attached hydrogens (tertiary/aromatic N) is 3. The zero-order valence-corrected chi connectivity index (χ0v) is 14.5. The fourth-order valence-electron chi connectivity index (χ4n) is 2.95. The lowest BCUT2D eigenvalue weighted by molar-refractivity contribution is -0.123. The molecule has 0 saturated carbocycles. The van der Waals surface area contributed by atoms with Crippen LogP contribution in [0, 0.1) is 12.8 Å². The molecule has 0 aliphatic carbocycles. The zero-order valence-electron chi connectivity index (χ0n) is 14.5. The Kier molecular flexibility index (Phi) is 5.82. The summed E-state index contributed by atoms with van der Waals surface area (Å²) < 4.78 is 5.53. The largest absolute Gasteiger partial charge is 0.484 e. The molecule has 0 radical (unpaired) electrons. The van der Waals surface area contributed by atoms with Crippen LogP contribution >= 0.6 is 0 Å². The van der Waals surface area contributed by atoms with Crippen molar-refractivity contribution in [3.05, 3.63) is 48.3 Å². The van der Waals surface area contributed by atoms with Crippen LogP contribution in [0.15, 0.2) is 42.7 Å². The number of ether oxygens (including phenoxy) is 1. The molecule has 6 heteroatoms. The minimum absolute atomic E-state index is 0.0557. The van der Waals surface area contributed by atoms with Crippen LogP contribution in [-0.2, 0) is 4.79 Å². The first-order chi connectivity index (χ1) is 12.2. The number of rotatable bonds is 6. The van der Waals surface area contributed by atoms with E-state index in [4.69, 9.17) is 4.74 Å². The number of hydrogen-bond donors (Lipinski definition) is 1. The summed E-state index contributed by atoms with van der Waals surface area (Å²) in [7, 11) is 0. The van der Waals surface area contributed by atoms with Gasteiger partial charge in [0.1, 0.15) is 5.75 Å². The lowest BCUT2D eigenvalue weighted by Crippen LogP contribution is -2.40. The van der Waals surface area contributed by atoms with E-state index in [2.05, 4.69) is 20.2 Å². The number of aryl methyl sites for hydroxylation is 1. The van der Waals surface area contributed by atoms with Crippen molar-refractivity contribution in [2.45, 2.75) is 19.8 Å². The van der Waals surface area contributed by atoms with Gasteiger partial charge in [0.05, 0.1) is 0 Å². The maximum Gasteiger partial charge on any atom is 0.257 e. The van der Waals surface area contributed by atoms with Gasteiger partial charge in [-0.15, -0.1) is 0 Å². The number of hydrogen-bond acceptors (Lipinski definition) is 5. The van der Waals surface area contributed by atoms with Crippen LogP contribution < -0.4 is 15.0 Å². The molecule has 0 unspecified atom stereocenters. The maximum atomic E-state index is 12.0. The lowest BCUT2D eigenvalue weighted by Gasteiger charge is -2.31. The Morgan fingerprint density at radius 2 is 2.00 bits per heavy atom. The van der Waals surface area contributed by atoms with Crippen LogP contribution in [0.1, 0.15) is 18.4 Å². The van der Waals surface area contributed by atoms with E-state index >= 15 is 0 Å². The summed E-state index contributed by atoms with van der Waals surface area (Å²) in [5.74, 6) is 1.93. The highest BCUT2D eigenvalue weighted by molar-refractivity contribution is 5.77. The molecule has 3 rings (SSSR count). The lowest BCUT2D eigenvalue weighted by atomic mass is 9.97. The van der Waals surface area contributed by atoms with E-state index in [1.54, 1.807) is 12.4 Å².